The van der Waals surface area contributed by atoms with Crippen molar-refractivity contribution in [3.05, 3.63) is 82.3 Å². The molecule has 9 heteroatoms. The first kappa shape index (κ1) is 22.7. The van der Waals surface area contributed by atoms with E-state index in [-0.39, 0.29) is 23.5 Å². The van der Waals surface area contributed by atoms with Gasteiger partial charge in [-0.25, -0.2) is 8.91 Å². The fourth-order valence-electron chi connectivity index (χ4n) is 3.75. The van der Waals surface area contributed by atoms with Crippen molar-refractivity contribution in [3.63, 3.8) is 0 Å². The molecular formula is C24H23ClFN5O2. The van der Waals surface area contributed by atoms with E-state index < -0.39 is 23.9 Å². The van der Waals surface area contributed by atoms with Gasteiger partial charge in [-0.2, -0.15) is 4.98 Å². The molecule has 0 fully saturated rings. The third-order valence-corrected chi connectivity index (χ3v) is 5.70. The van der Waals surface area contributed by atoms with Crippen LogP contribution in [0, 0.1) is 12.7 Å². The summed E-state index contributed by atoms with van der Waals surface area (Å²) in [6.07, 6.45) is 1.10. The number of hydrogen-bond donors (Lipinski definition) is 3. The van der Waals surface area contributed by atoms with Crippen molar-refractivity contribution in [3.8, 4) is 11.1 Å². The van der Waals surface area contributed by atoms with Gasteiger partial charge in [0, 0.05) is 22.8 Å². The molecule has 170 valence electrons. The monoisotopic (exact) mass is 467 g/mol. The number of aliphatic hydroxyl groups is 1. The molecule has 2 aromatic heterocycles. The molecule has 0 bridgehead atoms. The molecule has 4 N–H and O–H groups in total. The van der Waals surface area contributed by atoms with Gasteiger partial charge in [0.1, 0.15) is 5.82 Å². The summed E-state index contributed by atoms with van der Waals surface area (Å²) in [7, 11) is 0. The van der Waals surface area contributed by atoms with Crippen LogP contribution in [0.25, 0.3) is 16.8 Å². The van der Waals surface area contributed by atoms with E-state index in [1.54, 1.807) is 68.6 Å². The second-order valence-electron chi connectivity index (χ2n) is 7.98. The van der Waals surface area contributed by atoms with E-state index in [2.05, 4.69) is 15.4 Å². The van der Waals surface area contributed by atoms with Gasteiger partial charge in [0.05, 0.1) is 11.7 Å². The minimum atomic E-state index is -0.794. The topological polar surface area (TPSA) is 106 Å². The molecule has 1 amide bonds. The number of rotatable bonds is 6. The number of carbonyl (C=O) groups excluding carboxylic acids is 1. The Morgan fingerprint density at radius 3 is 2.70 bits per heavy atom. The highest BCUT2D eigenvalue weighted by Gasteiger charge is 2.22. The number of amides is 1. The predicted octanol–water partition coefficient (Wildman–Crippen LogP) is 4.32. The van der Waals surface area contributed by atoms with Gasteiger partial charge in [0.2, 0.25) is 5.95 Å². The van der Waals surface area contributed by atoms with Crippen molar-refractivity contribution in [2.75, 3.05) is 5.73 Å². The number of hydrogen-bond acceptors (Lipinski definition) is 5. The van der Waals surface area contributed by atoms with Gasteiger partial charge in [0.25, 0.3) is 5.91 Å². The summed E-state index contributed by atoms with van der Waals surface area (Å²) in [4.78, 5) is 17.1. The SMILES string of the molecule is Cc1ccc(-c2ccn3nc(N)nc3c2)c(F)c1C(=O)N[C@H](C)C[C@H](O)c1ccc(Cl)cc1. The number of benzene rings is 2. The van der Waals surface area contributed by atoms with E-state index in [1.807, 2.05) is 0 Å². The maximum atomic E-state index is 15.5. The zero-order valence-corrected chi connectivity index (χ0v) is 18.8. The number of aryl methyl sites for hydroxylation is 1. The van der Waals surface area contributed by atoms with Gasteiger partial charge >= 0.3 is 0 Å². The second kappa shape index (κ2) is 9.17. The fourth-order valence-corrected chi connectivity index (χ4v) is 3.88. The first-order valence-corrected chi connectivity index (χ1v) is 10.8. The van der Waals surface area contributed by atoms with Crippen LogP contribution in [-0.4, -0.2) is 31.7 Å². The van der Waals surface area contributed by atoms with Crippen molar-refractivity contribution in [1.29, 1.82) is 0 Å². The Morgan fingerprint density at radius 1 is 1.24 bits per heavy atom. The first-order valence-electron chi connectivity index (χ1n) is 10.4. The standard InChI is InChI=1S/C24H23ClFN5O2/c1-13-3-8-18(16-9-10-31-20(12-16)29-24(27)30-31)22(26)21(13)23(33)28-14(2)11-19(32)15-4-6-17(25)7-5-15/h3-10,12,14,19,32H,11H2,1-2H3,(H2,27,30)(H,28,33)/t14-,19+/m1/s1. The van der Waals surface area contributed by atoms with E-state index in [4.69, 9.17) is 17.3 Å². The normalized spacial score (nSPS) is 13.1. The van der Waals surface area contributed by atoms with Gasteiger partial charge in [-0.05, 0) is 61.2 Å². The number of aliphatic hydroxyl groups excluding tert-OH is 1. The largest absolute Gasteiger partial charge is 0.388 e. The summed E-state index contributed by atoms with van der Waals surface area (Å²) in [5, 5.41) is 17.8. The van der Waals surface area contributed by atoms with E-state index in [1.165, 1.54) is 4.52 Å². The van der Waals surface area contributed by atoms with Crippen molar-refractivity contribution in [2.24, 2.45) is 0 Å². The Bertz CT molecular complexity index is 1320. The highest BCUT2D eigenvalue weighted by atomic mass is 35.5. The Hall–Kier alpha value is -3.49. The lowest BCUT2D eigenvalue weighted by Gasteiger charge is -2.19. The number of nitrogen functional groups attached to an aromatic ring is 1. The predicted molar refractivity (Wildman–Crippen MR) is 125 cm³/mol. The van der Waals surface area contributed by atoms with Crippen LogP contribution in [0.15, 0.2) is 54.7 Å². The highest BCUT2D eigenvalue weighted by molar-refractivity contribution is 6.30. The van der Waals surface area contributed by atoms with E-state index in [0.29, 0.717) is 27.4 Å². The van der Waals surface area contributed by atoms with Crippen LogP contribution >= 0.6 is 11.6 Å². The third kappa shape index (κ3) is 4.81. The third-order valence-electron chi connectivity index (χ3n) is 5.45. The molecule has 2 atom stereocenters. The molecule has 33 heavy (non-hydrogen) atoms. The van der Waals surface area contributed by atoms with Gasteiger partial charge in [-0.1, -0.05) is 35.9 Å². The molecule has 0 radical (unpaired) electrons. The number of nitrogens with zero attached hydrogens (tertiary/aromatic N) is 3. The maximum Gasteiger partial charge on any atom is 0.254 e. The summed E-state index contributed by atoms with van der Waals surface area (Å²) >= 11 is 5.89. The molecule has 0 aliphatic carbocycles. The highest BCUT2D eigenvalue weighted by Crippen LogP contribution is 2.28. The smallest absolute Gasteiger partial charge is 0.254 e. The molecule has 2 aromatic carbocycles. The Kier molecular flexibility index (Phi) is 6.31. The second-order valence-corrected chi connectivity index (χ2v) is 8.42. The summed E-state index contributed by atoms with van der Waals surface area (Å²) in [5.74, 6) is -1.06. The average molecular weight is 468 g/mol. The Morgan fingerprint density at radius 2 is 1.97 bits per heavy atom. The first-order chi connectivity index (χ1) is 15.7. The van der Waals surface area contributed by atoms with Crippen molar-refractivity contribution in [1.82, 2.24) is 19.9 Å². The summed E-state index contributed by atoms with van der Waals surface area (Å²) in [5.41, 5.74) is 8.07. The molecule has 0 saturated carbocycles. The van der Waals surface area contributed by atoms with Gasteiger partial charge in [-0.15, -0.1) is 5.10 Å². The van der Waals surface area contributed by atoms with E-state index in [9.17, 15) is 9.90 Å². The zero-order chi connectivity index (χ0) is 23.7. The summed E-state index contributed by atoms with van der Waals surface area (Å²) in [6, 6.07) is 13.1. The number of carbonyl (C=O) groups is 1. The summed E-state index contributed by atoms with van der Waals surface area (Å²) in [6.45, 7) is 3.44. The van der Waals surface area contributed by atoms with Crippen molar-refractivity contribution >= 4 is 29.1 Å². The Balaban J connectivity index is 1.55. The van der Waals surface area contributed by atoms with Crippen LogP contribution in [0.3, 0.4) is 0 Å². The van der Waals surface area contributed by atoms with E-state index >= 15 is 4.39 Å². The minimum Gasteiger partial charge on any atom is -0.388 e. The van der Waals surface area contributed by atoms with Gasteiger partial charge < -0.3 is 16.2 Å². The molecular weight excluding hydrogens is 445 g/mol. The molecule has 2 heterocycles. The lowest BCUT2D eigenvalue weighted by Crippen LogP contribution is -2.34. The number of pyridine rings is 1. The number of anilines is 1. The molecule has 4 aromatic rings. The van der Waals surface area contributed by atoms with Gasteiger partial charge in [0.15, 0.2) is 5.65 Å². The molecule has 0 aliphatic rings. The molecule has 7 nitrogen and oxygen atoms in total. The number of nitrogens with one attached hydrogen (secondary N) is 1. The fraction of sp³-hybridized carbons (Fsp3) is 0.208. The van der Waals surface area contributed by atoms with Crippen LogP contribution < -0.4 is 11.1 Å². The quantitative estimate of drug-likeness (QED) is 0.391. The molecule has 4 rings (SSSR count). The number of fused-ring (bicyclic) bond motifs is 1. The minimum absolute atomic E-state index is 0.0406. The number of nitrogens with two attached hydrogens (primary N) is 1. The molecule has 0 spiro atoms. The van der Waals surface area contributed by atoms with Gasteiger partial charge in [-0.3, -0.25) is 4.79 Å². The zero-order valence-electron chi connectivity index (χ0n) is 18.1. The lowest BCUT2D eigenvalue weighted by molar-refractivity contribution is 0.0912. The van der Waals surface area contributed by atoms with E-state index in [0.717, 1.165) is 0 Å². The molecule has 0 saturated heterocycles. The van der Waals surface area contributed by atoms with Crippen molar-refractivity contribution < 1.29 is 14.3 Å². The lowest BCUT2D eigenvalue weighted by atomic mass is 9.98. The maximum absolute atomic E-state index is 15.5. The number of aromatic nitrogens is 3. The van der Waals surface area contributed by atoms with Crippen molar-refractivity contribution in [2.45, 2.75) is 32.4 Å². The summed E-state index contributed by atoms with van der Waals surface area (Å²) < 4.78 is 17.0. The molecule has 0 unspecified atom stereocenters. The average Bonchev–Trinajstić information content (AvgIpc) is 3.13. The number of halogens is 2. The van der Waals surface area contributed by atoms with Crippen LogP contribution in [0.5, 0.6) is 0 Å². The Labute approximate surface area is 195 Å². The van der Waals surface area contributed by atoms with Crippen LogP contribution in [0.2, 0.25) is 5.02 Å². The molecule has 0 aliphatic heterocycles. The van der Waals surface area contributed by atoms with Crippen LogP contribution in [0.4, 0.5) is 10.3 Å². The van der Waals surface area contributed by atoms with Crippen LogP contribution in [-0.2, 0) is 0 Å². The van der Waals surface area contributed by atoms with Crippen LogP contribution in [0.1, 0.15) is 40.9 Å².